The highest BCUT2D eigenvalue weighted by atomic mass is 16.5. The fourth-order valence-corrected chi connectivity index (χ4v) is 15.2. The lowest BCUT2D eigenvalue weighted by Gasteiger charge is -2.19. The van der Waals surface area contributed by atoms with Gasteiger partial charge in [-0.05, 0) is 261 Å². The van der Waals surface area contributed by atoms with Crippen LogP contribution in [-0.4, -0.2) is 160 Å². The van der Waals surface area contributed by atoms with Gasteiger partial charge in [-0.3, -0.25) is 47.9 Å². The maximum atomic E-state index is 12.3. The number of hydrogen-bond acceptors (Lipinski definition) is 26. The predicted octanol–water partition coefficient (Wildman–Crippen LogP) is 25.8. The molecule has 3 aromatic rings. The van der Waals surface area contributed by atoms with E-state index in [2.05, 4.69) is 74.5 Å². The Morgan fingerprint density at radius 2 is 0.356 bits per heavy atom. The van der Waals surface area contributed by atoms with Crippen molar-refractivity contribution in [3.05, 3.63) is 250 Å². The summed E-state index contributed by atoms with van der Waals surface area (Å²) in [6.45, 7) is 56.6. The number of benzene rings is 3. The minimum Gasteiger partial charge on any atom is -0.507 e. The molecule has 0 aromatic heterocycles. The quantitative estimate of drug-likeness (QED) is 0.0184. The van der Waals surface area contributed by atoms with Gasteiger partial charge in [0.2, 0.25) is 57.7 Å². The number of phenolic OH excluding ortho intramolecular Hbond substituents is 6. The van der Waals surface area contributed by atoms with Crippen molar-refractivity contribution in [3.8, 4) is 57.5 Å². The zero-order valence-electron chi connectivity index (χ0n) is 94.8. The number of carbonyl (C=O) groups is 10. The van der Waals surface area contributed by atoms with Crippen LogP contribution in [0.15, 0.2) is 206 Å². The molecular weight excluding hydrogens is 1860 g/mol. The lowest BCUT2D eigenvalue weighted by molar-refractivity contribution is -0.121. The Hall–Kier alpha value is -13.5. The average molecular weight is 2020 g/mol. The summed E-state index contributed by atoms with van der Waals surface area (Å²) in [5.74, 6) is 0.876. The third kappa shape index (κ3) is 33.8. The molecule has 0 aliphatic heterocycles. The minimum absolute atomic E-state index is 0.00403. The normalized spacial score (nSPS) is 15.4. The van der Waals surface area contributed by atoms with Gasteiger partial charge in [-0.15, -0.1) is 0 Å². The number of rotatable bonds is 34. The van der Waals surface area contributed by atoms with Crippen molar-refractivity contribution in [2.45, 2.75) is 310 Å². The number of hydrogen-bond donors (Lipinski definition) is 6. The zero-order chi connectivity index (χ0) is 112. The first-order valence-electron chi connectivity index (χ1n) is 49.4. The van der Waals surface area contributed by atoms with Crippen molar-refractivity contribution < 1.29 is 126 Å². The van der Waals surface area contributed by atoms with E-state index in [1.807, 2.05) is 91.8 Å². The van der Waals surface area contributed by atoms with Crippen LogP contribution >= 0.6 is 0 Å². The third-order valence-corrected chi connectivity index (χ3v) is 27.0. The monoisotopic (exact) mass is 2020 g/mol. The van der Waals surface area contributed by atoms with Crippen molar-refractivity contribution in [1.82, 2.24) is 0 Å². The van der Waals surface area contributed by atoms with Crippen LogP contribution in [0.2, 0.25) is 0 Å². The summed E-state index contributed by atoms with van der Waals surface area (Å²) in [5.41, 5.74) is 22.0. The van der Waals surface area contributed by atoms with E-state index < -0.39 is 0 Å². The summed E-state index contributed by atoms with van der Waals surface area (Å²) in [4.78, 5) is 121. The summed E-state index contributed by atoms with van der Waals surface area (Å²) in [7, 11) is 14.3. The minimum atomic E-state index is -0.281. The molecule has 0 saturated heterocycles. The maximum Gasteiger partial charge on any atom is 0.228 e. The predicted molar refractivity (Wildman–Crippen MR) is 579 cm³/mol. The van der Waals surface area contributed by atoms with E-state index in [-0.39, 0.29) is 138 Å². The van der Waals surface area contributed by atoms with E-state index in [0.29, 0.717) is 174 Å². The van der Waals surface area contributed by atoms with Crippen LogP contribution in [0.1, 0.15) is 301 Å². The Labute approximate surface area is 868 Å². The fourth-order valence-electron chi connectivity index (χ4n) is 15.2. The number of Topliss-reactive ketones (excluding diaryl/α,β-unsaturated/α-hetero) is 10. The van der Waals surface area contributed by atoms with Gasteiger partial charge in [0.25, 0.3) is 0 Å². The molecule has 146 heavy (non-hydrogen) atoms. The smallest absolute Gasteiger partial charge is 0.228 e. The Morgan fingerprint density at radius 1 is 0.185 bits per heavy atom. The molecule has 0 spiro atoms. The molecule has 5 aliphatic carbocycles. The summed E-state index contributed by atoms with van der Waals surface area (Å²) in [6, 6.07) is 0. The lowest BCUT2D eigenvalue weighted by Crippen LogP contribution is -2.24. The van der Waals surface area contributed by atoms with Crippen LogP contribution in [0.3, 0.4) is 0 Å². The Bertz CT molecular complexity index is 5790. The number of phenols is 6. The maximum absolute atomic E-state index is 12.3. The van der Waals surface area contributed by atoms with Crippen LogP contribution in [0.4, 0.5) is 0 Å². The molecule has 0 heterocycles. The standard InChI is InChI=1S/C15H22O4.C15H20O4.C15H22O3.2C15H20O3.C15H22O3.2C15H20O3/c2*1-6-9(2)7-8-11-10(3)12(16)14(18-4)15(19-5)13(11)17;3*1-6-9(2)7-8-12-10(3)14(17)15(18-5)11(4)13(12)16;3*1-6-9(2)7-8-12-10(3)13(16)11(4)15(18-5)14(12)17/h7,16-17H,6,8H2,1-5H3;7H,6,8H2,1-5H3;7,16-17H,6,8H2,1-5H3;2*7H,6,8H2,1-5H3;7,16-17H,6,8H2,1-5H3;2*7H,6,8H2,1-5H3/b8*9-7+. The van der Waals surface area contributed by atoms with Gasteiger partial charge in [0.1, 0.15) is 11.5 Å². The topological polar surface area (TPSA) is 384 Å². The first kappa shape index (κ1) is 130. The Morgan fingerprint density at radius 3 is 0.610 bits per heavy atom. The highest BCUT2D eigenvalue weighted by molar-refractivity contribution is 6.27. The van der Waals surface area contributed by atoms with E-state index in [0.717, 1.165) is 62.5 Å². The van der Waals surface area contributed by atoms with Gasteiger partial charge in [0.05, 0.1) is 71.1 Å². The van der Waals surface area contributed by atoms with E-state index in [1.54, 1.807) is 90.0 Å². The molecular formula is C120H166O26. The number of allylic oxidation sites excluding steroid dienone is 30. The second-order valence-corrected chi connectivity index (χ2v) is 36.2. The molecule has 0 radical (unpaired) electrons. The van der Waals surface area contributed by atoms with Crippen LogP contribution in [0.25, 0.3) is 0 Å². The van der Waals surface area contributed by atoms with Gasteiger partial charge in [-0.25, -0.2) is 0 Å². The second-order valence-electron chi connectivity index (χ2n) is 36.2. The summed E-state index contributed by atoms with van der Waals surface area (Å²) < 4.78 is 50.6. The van der Waals surface area contributed by atoms with E-state index >= 15 is 0 Å². The molecule has 5 aliphatic rings. The van der Waals surface area contributed by atoms with Crippen LogP contribution in [0.5, 0.6) is 57.5 Å². The third-order valence-electron chi connectivity index (χ3n) is 27.0. The number of methoxy groups -OCH3 is 10. The van der Waals surface area contributed by atoms with Crippen molar-refractivity contribution in [2.24, 2.45) is 0 Å². The number of ether oxygens (including phenoxy) is 10. The Balaban J connectivity index is 0.000000834. The van der Waals surface area contributed by atoms with Gasteiger partial charge in [-0.2, -0.15) is 0 Å². The van der Waals surface area contributed by atoms with Crippen molar-refractivity contribution in [1.29, 1.82) is 0 Å². The fraction of sp³-hybridized carbons (Fsp3) is 0.467. The molecule has 8 rings (SSSR count). The average Bonchev–Trinajstić information content (AvgIpc) is 0.740. The van der Waals surface area contributed by atoms with E-state index in [1.165, 1.54) is 116 Å². The van der Waals surface area contributed by atoms with Gasteiger partial charge < -0.3 is 78.0 Å². The molecule has 3 aromatic carbocycles. The SMILES string of the molecule is CC/C(C)=C/CC1=C(C)C(=O)C(C)=C(OC)C1=O.CC/C(C)=C/CC1=C(C)C(=O)C(C)=C(OC)C1=O.CC/C(C)=C/CC1=C(C)C(=O)C(OC)=C(C)C1=O.CC/C(C)=C/CC1=C(C)C(=O)C(OC)=C(C)C1=O.CC/C(C)=C/CC1=C(C)C(=O)C(OC)=C(OC)C1=O.CC/C(C)=C/Cc1c(C)c(O)c(C)c(OC)c1O.CC/C(C)=C/Cc1c(C)c(O)c(OC)c(C)c1O.CC/C(C)=C/Cc1c(C)c(O)c(OC)c(OC)c1O. The van der Waals surface area contributed by atoms with Gasteiger partial charge in [0, 0.05) is 117 Å². The molecule has 0 unspecified atom stereocenters. The van der Waals surface area contributed by atoms with Gasteiger partial charge >= 0.3 is 0 Å². The summed E-state index contributed by atoms with van der Waals surface area (Å²) >= 11 is 0. The first-order chi connectivity index (χ1) is 68.5. The highest BCUT2D eigenvalue weighted by Gasteiger charge is 2.37. The number of ketones is 10. The van der Waals surface area contributed by atoms with Crippen LogP contribution in [-0.2, 0) is 95.6 Å². The second kappa shape index (κ2) is 63.0. The largest absolute Gasteiger partial charge is 0.507 e. The van der Waals surface area contributed by atoms with Crippen LogP contribution < -0.4 is 18.9 Å². The van der Waals surface area contributed by atoms with Crippen molar-refractivity contribution >= 4 is 57.8 Å². The molecule has 0 fully saturated rings. The number of carbonyl (C=O) groups excluding carboxylic acids is 10. The van der Waals surface area contributed by atoms with E-state index in [4.69, 9.17) is 47.4 Å². The van der Waals surface area contributed by atoms with Gasteiger partial charge in [0.15, 0.2) is 80.7 Å². The number of aromatic hydroxyl groups is 6. The highest BCUT2D eigenvalue weighted by Crippen LogP contribution is 2.50. The first-order valence-corrected chi connectivity index (χ1v) is 49.4. The molecule has 0 atom stereocenters. The molecule has 26 nitrogen and oxygen atoms in total. The summed E-state index contributed by atoms with van der Waals surface area (Å²) in [6.07, 6.45) is 28.0. The molecule has 6 N–H and O–H groups in total. The molecule has 0 amide bonds. The molecule has 802 valence electrons. The lowest BCUT2D eigenvalue weighted by atomic mass is 9.87. The van der Waals surface area contributed by atoms with Crippen molar-refractivity contribution in [2.75, 3.05) is 71.1 Å². The van der Waals surface area contributed by atoms with E-state index in [9.17, 15) is 78.6 Å². The summed E-state index contributed by atoms with van der Waals surface area (Å²) in [5, 5.41) is 60.8. The van der Waals surface area contributed by atoms with Crippen molar-refractivity contribution in [3.63, 3.8) is 0 Å². The Kier molecular flexibility index (Phi) is 56.3. The zero-order valence-corrected chi connectivity index (χ0v) is 94.8. The molecule has 0 bridgehead atoms. The van der Waals surface area contributed by atoms with Crippen LogP contribution in [0, 0.1) is 34.6 Å². The molecule has 0 saturated carbocycles. The van der Waals surface area contributed by atoms with Gasteiger partial charge in [-0.1, -0.05) is 149 Å². The molecule has 26 heteroatoms.